The van der Waals surface area contributed by atoms with Gasteiger partial charge in [0.1, 0.15) is 0 Å². The number of ether oxygens (including phenoxy) is 1. The summed E-state index contributed by atoms with van der Waals surface area (Å²) < 4.78 is 13.3. The van der Waals surface area contributed by atoms with Crippen molar-refractivity contribution in [3.63, 3.8) is 0 Å². The maximum Gasteiger partial charge on any atom is 0.261 e. The summed E-state index contributed by atoms with van der Waals surface area (Å²) >= 11 is 0. The molecule has 162 valence electrons. The predicted octanol–water partition coefficient (Wildman–Crippen LogP) is 4.29. The molecule has 0 aromatic heterocycles. The van der Waals surface area contributed by atoms with Crippen LogP contribution in [0.1, 0.15) is 40.5 Å². The fourth-order valence-electron chi connectivity index (χ4n) is 4.68. The van der Waals surface area contributed by atoms with Gasteiger partial charge in [0.15, 0.2) is 0 Å². The van der Waals surface area contributed by atoms with Gasteiger partial charge in [-0.05, 0) is 21.8 Å². The molecule has 1 saturated heterocycles. The van der Waals surface area contributed by atoms with Gasteiger partial charge in [-0.1, -0.05) is 94.4 Å². The van der Waals surface area contributed by atoms with Crippen molar-refractivity contribution < 1.29 is 14.3 Å². The van der Waals surface area contributed by atoms with Crippen LogP contribution in [0, 0.1) is 5.92 Å². The molecule has 4 heteroatoms. The first-order valence-electron chi connectivity index (χ1n) is 11.0. The second-order valence-electron chi connectivity index (χ2n) is 9.46. The van der Waals surface area contributed by atoms with Gasteiger partial charge in [-0.15, -0.1) is 6.58 Å². The highest BCUT2D eigenvalue weighted by atomic mass is 28.4. The van der Waals surface area contributed by atoms with Crippen LogP contribution in [-0.2, 0) is 9.16 Å². The predicted molar refractivity (Wildman–Crippen MR) is 127 cm³/mol. The number of hydrogen-bond donors (Lipinski definition) is 1. The fraction of sp³-hybridized carbons (Fsp3) is 0.462. The van der Waals surface area contributed by atoms with Crippen molar-refractivity contribution in [1.82, 2.24) is 0 Å². The van der Waals surface area contributed by atoms with E-state index in [2.05, 4.69) is 94.9 Å². The third-order valence-electron chi connectivity index (χ3n) is 6.37. The maximum atomic E-state index is 10.6. The molecule has 2 aromatic carbocycles. The SMILES string of the molecule is C=CC[C@@H]1O[C@H](CO[Si](c2ccccc2)(c2ccccc2)C(C)(C)C)C[C@H](O)[C@H]1C. The van der Waals surface area contributed by atoms with E-state index in [0.717, 1.165) is 6.42 Å². The minimum absolute atomic E-state index is 0.0148. The zero-order chi connectivity index (χ0) is 21.8. The molecule has 0 bridgehead atoms. The normalized spacial score (nSPS) is 25.1. The molecule has 0 spiro atoms. The third-order valence-corrected chi connectivity index (χ3v) is 11.4. The Morgan fingerprint density at radius 3 is 2.07 bits per heavy atom. The molecule has 0 amide bonds. The second-order valence-corrected chi connectivity index (χ2v) is 13.8. The topological polar surface area (TPSA) is 38.7 Å². The lowest BCUT2D eigenvalue weighted by Gasteiger charge is -2.45. The molecular weight excluding hydrogens is 388 g/mol. The van der Waals surface area contributed by atoms with E-state index in [9.17, 15) is 5.11 Å². The van der Waals surface area contributed by atoms with E-state index in [0.29, 0.717) is 13.0 Å². The van der Waals surface area contributed by atoms with Crippen molar-refractivity contribution in [2.24, 2.45) is 5.92 Å². The summed E-state index contributed by atoms with van der Waals surface area (Å²) in [5.41, 5.74) is 0. The molecule has 2 aromatic rings. The molecule has 3 rings (SSSR count). The molecule has 3 nitrogen and oxygen atoms in total. The molecule has 0 aliphatic carbocycles. The number of aliphatic hydroxyl groups is 1. The Balaban J connectivity index is 1.95. The van der Waals surface area contributed by atoms with Crippen LogP contribution in [0.3, 0.4) is 0 Å². The van der Waals surface area contributed by atoms with E-state index in [1.54, 1.807) is 0 Å². The van der Waals surface area contributed by atoms with E-state index in [1.807, 2.05) is 6.08 Å². The van der Waals surface area contributed by atoms with Crippen molar-refractivity contribution in [2.45, 2.75) is 63.9 Å². The van der Waals surface area contributed by atoms with Crippen LogP contribution in [0.15, 0.2) is 73.3 Å². The summed E-state index contributed by atoms with van der Waals surface area (Å²) in [4.78, 5) is 0. The summed E-state index contributed by atoms with van der Waals surface area (Å²) in [6, 6.07) is 21.3. The largest absolute Gasteiger partial charge is 0.405 e. The number of aliphatic hydroxyl groups excluding tert-OH is 1. The van der Waals surface area contributed by atoms with E-state index in [-0.39, 0.29) is 29.3 Å². The Kier molecular flexibility index (Phi) is 7.35. The minimum atomic E-state index is -2.59. The van der Waals surface area contributed by atoms with Gasteiger partial charge in [0.2, 0.25) is 0 Å². The van der Waals surface area contributed by atoms with Crippen LogP contribution in [0.4, 0.5) is 0 Å². The van der Waals surface area contributed by atoms with E-state index < -0.39 is 8.32 Å². The van der Waals surface area contributed by atoms with E-state index in [1.165, 1.54) is 10.4 Å². The van der Waals surface area contributed by atoms with Crippen molar-refractivity contribution in [1.29, 1.82) is 0 Å². The molecule has 4 atom stereocenters. The first-order chi connectivity index (χ1) is 14.3. The standard InChI is InChI=1S/C26H36O3Si/c1-6-13-25-20(2)24(27)18-21(29-25)19-28-30(26(3,4)5,22-14-9-7-10-15-22)23-16-11-8-12-17-23/h6-12,14-17,20-21,24-25,27H,1,13,18-19H2,2-5H3/t20-,21+,24+,25+/m1/s1. The van der Waals surface area contributed by atoms with Crippen LogP contribution in [0.2, 0.25) is 5.04 Å². The number of hydrogen-bond acceptors (Lipinski definition) is 3. The highest BCUT2D eigenvalue weighted by molar-refractivity contribution is 6.99. The zero-order valence-electron chi connectivity index (χ0n) is 18.8. The number of benzene rings is 2. The second kappa shape index (κ2) is 9.61. The van der Waals surface area contributed by atoms with Gasteiger partial charge in [0.25, 0.3) is 8.32 Å². The summed E-state index contributed by atoms with van der Waals surface area (Å²) in [5.74, 6) is 0.104. The molecule has 1 N–H and O–H groups in total. The third kappa shape index (κ3) is 4.62. The van der Waals surface area contributed by atoms with Gasteiger partial charge in [-0.25, -0.2) is 0 Å². The molecular formula is C26H36O3Si. The van der Waals surface area contributed by atoms with Crippen LogP contribution in [0.25, 0.3) is 0 Å². The van der Waals surface area contributed by atoms with Crippen LogP contribution >= 0.6 is 0 Å². The number of rotatable bonds is 7. The van der Waals surface area contributed by atoms with Crippen LogP contribution < -0.4 is 10.4 Å². The Bertz CT molecular complexity index is 761. The van der Waals surface area contributed by atoms with Gasteiger partial charge in [-0.2, -0.15) is 0 Å². The Morgan fingerprint density at radius 1 is 1.07 bits per heavy atom. The van der Waals surface area contributed by atoms with E-state index in [4.69, 9.17) is 9.16 Å². The van der Waals surface area contributed by atoms with Gasteiger partial charge < -0.3 is 14.3 Å². The molecule has 30 heavy (non-hydrogen) atoms. The Hall–Kier alpha value is -1.72. The molecule has 1 fully saturated rings. The van der Waals surface area contributed by atoms with Gasteiger partial charge in [0.05, 0.1) is 24.9 Å². The smallest absolute Gasteiger partial charge is 0.261 e. The van der Waals surface area contributed by atoms with Crippen molar-refractivity contribution in [3.05, 3.63) is 73.3 Å². The first kappa shape index (κ1) is 23.0. The quantitative estimate of drug-likeness (QED) is 0.532. The fourth-order valence-corrected chi connectivity index (χ4v) is 9.27. The molecule has 1 aliphatic rings. The maximum absolute atomic E-state index is 10.6. The summed E-state index contributed by atoms with van der Waals surface area (Å²) in [7, 11) is -2.59. The molecule has 1 heterocycles. The average Bonchev–Trinajstić information content (AvgIpc) is 2.73. The lowest BCUT2D eigenvalue weighted by molar-refractivity contribution is -0.139. The highest BCUT2D eigenvalue weighted by Crippen LogP contribution is 2.37. The molecule has 1 aliphatic heterocycles. The monoisotopic (exact) mass is 424 g/mol. The molecule has 0 saturated carbocycles. The summed E-state index contributed by atoms with van der Waals surface area (Å²) in [6.07, 6.45) is 2.71. The Labute approximate surface area is 182 Å². The van der Waals surface area contributed by atoms with Crippen LogP contribution in [-0.4, -0.2) is 38.3 Å². The van der Waals surface area contributed by atoms with Gasteiger partial charge in [-0.3, -0.25) is 0 Å². The van der Waals surface area contributed by atoms with Crippen molar-refractivity contribution in [3.8, 4) is 0 Å². The van der Waals surface area contributed by atoms with Crippen molar-refractivity contribution in [2.75, 3.05) is 6.61 Å². The lowest BCUT2D eigenvalue weighted by atomic mass is 9.89. The lowest BCUT2D eigenvalue weighted by Crippen LogP contribution is -2.67. The van der Waals surface area contributed by atoms with E-state index >= 15 is 0 Å². The van der Waals surface area contributed by atoms with Gasteiger partial charge in [0, 0.05) is 12.3 Å². The molecule has 0 radical (unpaired) electrons. The molecule has 0 unspecified atom stereocenters. The highest BCUT2D eigenvalue weighted by Gasteiger charge is 2.50. The van der Waals surface area contributed by atoms with Crippen molar-refractivity contribution >= 4 is 18.7 Å². The summed E-state index contributed by atoms with van der Waals surface area (Å²) in [6.45, 7) is 13.2. The Morgan fingerprint density at radius 2 is 1.60 bits per heavy atom. The minimum Gasteiger partial charge on any atom is -0.405 e. The summed E-state index contributed by atoms with van der Waals surface area (Å²) in [5, 5.41) is 13.1. The zero-order valence-corrected chi connectivity index (χ0v) is 19.8. The van der Waals surface area contributed by atoms with Crippen LogP contribution in [0.5, 0.6) is 0 Å². The average molecular weight is 425 g/mol. The van der Waals surface area contributed by atoms with Gasteiger partial charge >= 0.3 is 0 Å². The first-order valence-corrected chi connectivity index (χ1v) is 12.9.